The summed E-state index contributed by atoms with van der Waals surface area (Å²) in [7, 11) is 4.51. The number of fused-ring (bicyclic) bond motifs is 1. The predicted molar refractivity (Wildman–Crippen MR) is 130 cm³/mol. The fourth-order valence-electron chi connectivity index (χ4n) is 4.46. The lowest BCUT2D eigenvalue weighted by Crippen LogP contribution is -2.44. The maximum Gasteiger partial charge on any atom is 0.254 e. The first kappa shape index (κ1) is 24.1. The number of hydrogen-bond donors (Lipinski definition) is 1. The third-order valence-corrected chi connectivity index (χ3v) is 6.11. The van der Waals surface area contributed by atoms with E-state index in [1.807, 2.05) is 6.92 Å². The van der Waals surface area contributed by atoms with Crippen molar-refractivity contribution in [2.75, 3.05) is 33.2 Å². The molecule has 1 aliphatic heterocycles. The average Bonchev–Trinajstić information content (AvgIpc) is 2.87. The molecule has 0 aromatic heterocycles. The highest BCUT2D eigenvalue weighted by Crippen LogP contribution is 2.46. The Hall–Kier alpha value is -4.07. The molecule has 0 radical (unpaired) electrons. The van der Waals surface area contributed by atoms with Crippen LogP contribution in [0.1, 0.15) is 40.4 Å². The molecule has 7 nitrogen and oxygen atoms in total. The topological polar surface area (TPSA) is 77.1 Å². The van der Waals surface area contributed by atoms with E-state index in [2.05, 4.69) is 5.32 Å². The first-order chi connectivity index (χ1) is 16.9. The number of carbonyl (C=O) groups is 2. The molecular weight excluding hydrogens is 451 g/mol. The number of amides is 2. The van der Waals surface area contributed by atoms with Crippen LogP contribution in [0.25, 0.3) is 0 Å². The van der Waals surface area contributed by atoms with Gasteiger partial charge in [0.05, 0.1) is 32.8 Å². The first-order valence-corrected chi connectivity index (χ1v) is 11.2. The van der Waals surface area contributed by atoms with Crippen molar-refractivity contribution < 1.29 is 28.2 Å². The normalized spacial score (nSPS) is 16.9. The Kier molecular flexibility index (Phi) is 6.91. The van der Waals surface area contributed by atoms with Gasteiger partial charge < -0.3 is 24.4 Å². The number of nitrogens with one attached hydrogen (secondary N) is 1. The number of benzene rings is 3. The predicted octanol–water partition coefficient (Wildman–Crippen LogP) is 4.79. The Labute approximate surface area is 203 Å². The standard InChI is InChI=1S/C27H27FN2O5/c1-5-35-17-12-10-16(11-13-17)29-26(31)24-19-14-22(33-3)23(34-4)15-20(19)27(32)30(2)25(24)18-8-6-7-9-21(18)28/h6-15,24-25H,5H2,1-4H3,(H,29,31). The number of methoxy groups -OCH3 is 2. The van der Waals surface area contributed by atoms with Crippen LogP contribution in [0.3, 0.4) is 0 Å². The third kappa shape index (κ3) is 4.51. The molecule has 3 aromatic carbocycles. The van der Waals surface area contributed by atoms with Gasteiger partial charge in [-0.1, -0.05) is 18.2 Å². The molecule has 8 heteroatoms. The molecule has 0 saturated heterocycles. The van der Waals surface area contributed by atoms with E-state index >= 15 is 0 Å². The molecule has 3 aromatic rings. The van der Waals surface area contributed by atoms with Gasteiger partial charge in [0.15, 0.2) is 11.5 Å². The summed E-state index contributed by atoms with van der Waals surface area (Å²) in [4.78, 5) is 28.5. The molecule has 0 bridgehead atoms. The van der Waals surface area contributed by atoms with E-state index in [4.69, 9.17) is 14.2 Å². The summed E-state index contributed by atoms with van der Waals surface area (Å²) in [6, 6.07) is 15.4. The number of carbonyl (C=O) groups excluding carboxylic acids is 2. The maximum absolute atomic E-state index is 15.0. The number of nitrogens with zero attached hydrogens (tertiary/aromatic N) is 1. The Bertz CT molecular complexity index is 1240. The largest absolute Gasteiger partial charge is 0.494 e. The van der Waals surface area contributed by atoms with Gasteiger partial charge in [-0.05, 0) is 55.0 Å². The number of anilines is 1. The zero-order valence-electron chi connectivity index (χ0n) is 20.0. The molecule has 2 unspecified atom stereocenters. The van der Waals surface area contributed by atoms with Gasteiger partial charge in [0.25, 0.3) is 5.91 Å². The summed E-state index contributed by atoms with van der Waals surface area (Å²) < 4.78 is 31.2. The third-order valence-electron chi connectivity index (χ3n) is 6.11. The molecule has 0 saturated carbocycles. The van der Waals surface area contributed by atoms with Gasteiger partial charge in [-0.15, -0.1) is 0 Å². The number of rotatable bonds is 7. The monoisotopic (exact) mass is 478 g/mol. The second-order valence-corrected chi connectivity index (χ2v) is 8.10. The van der Waals surface area contributed by atoms with Crippen molar-refractivity contribution in [3.63, 3.8) is 0 Å². The molecular formula is C27H27FN2O5. The quantitative estimate of drug-likeness (QED) is 0.528. The van der Waals surface area contributed by atoms with Gasteiger partial charge in [0.1, 0.15) is 11.6 Å². The van der Waals surface area contributed by atoms with Crippen LogP contribution in [-0.2, 0) is 4.79 Å². The van der Waals surface area contributed by atoms with Crippen molar-refractivity contribution in [2.45, 2.75) is 18.9 Å². The molecule has 2 atom stereocenters. The minimum absolute atomic E-state index is 0.246. The van der Waals surface area contributed by atoms with Crippen LogP contribution in [-0.4, -0.2) is 44.6 Å². The molecule has 1 heterocycles. The molecule has 2 amide bonds. The van der Waals surface area contributed by atoms with Crippen LogP contribution in [0.2, 0.25) is 0 Å². The molecule has 0 fully saturated rings. The Morgan fingerprint density at radius 3 is 2.29 bits per heavy atom. The van der Waals surface area contributed by atoms with Crippen molar-refractivity contribution >= 4 is 17.5 Å². The van der Waals surface area contributed by atoms with E-state index in [0.29, 0.717) is 40.7 Å². The molecule has 0 aliphatic carbocycles. The molecule has 0 spiro atoms. The van der Waals surface area contributed by atoms with Gasteiger partial charge in [-0.25, -0.2) is 4.39 Å². The summed E-state index contributed by atoms with van der Waals surface area (Å²) in [5.74, 6) is -0.747. The average molecular weight is 479 g/mol. The molecule has 182 valence electrons. The Morgan fingerprint density at radius 2 is 1.66 bits per heavy atom. The van der Waals surface area contributed by atoms with E-state index in [1.165, 1.54) is 25.2 Å². The second kappa shape index (κ2) is 10.0. The molecule has 35 heavy (non-hydrogen) atoms. The molecule has 1 N–H and O–H groups in total. The van der Waals surface area contributed by atoms with Crippen LogP contribution in [0.15, 0.2) is 60.7 Å². The van der Waals surface area contributed by atoms with Crippen molar-refractivity contribution in [2.24, 2.45) is 0 Å². The van der Waals surface area contributed by atoms with Crippen LogP contribution >= 0.6 is 0 Å². The summed E-state index contributed by atoms with van der Waals surface area (Å²) in [5, 5.41) is 2.92. The lowest BCUT2D eigenvalue weighted by atomic mass is 9.79. The highest BCUT2D eigenvalue weighted by atomic mass is 19.1. The summed E-state index contributed by atoms with van der Waals surface area (Å²) in [6.07, 6.45) is 0. The van der Waals surface area contributed by atoms with Gasteiger partial charge in [-0.2, -0.15) is 0 Å². The fourth-order valence-corrected chi connectivity index (χ4v) is 4.46. The van der Waals surface area contributed by atoms with Gasteiger partial charge in [0, 0.05) is 23.9 Å². The first-order valence-electron chi connectivity index (χ1n) is 11.2. The van der Waals surface area contributed by atoms with Crippen LogP contribution in [0, 0.1) is 5.82 Å². The zero-order valence-corrected chi connectivity index (χ0v) is 20.0. The SMILES string of the molecule is CCOc1ccc(NC(=O)C2c3cc(OC)c(OC)cc3C(=O)N(C)C2c2ccccc2F)cc1. The number of likely N-dealkylation sites (N-methyl/N-ethyl adjacent to an activating group) is 1. The lowest BCUT2D eigenvalue weighted by molar-refractivity contribution is -0.119. The minimum Gasteiger partial charge on any atom is -0.494 e. The maximum atomic E-state index is 15.0. The van der Waals surface area contributed by atoms with Gasteiger partial charge in [-0.3, -0.25) is 9.59 Å². The van der Waals surface area contributed by atoms with Crippen molar-refractivity contribution in [1.29, 1.82) is 0 Å². The summed E-state index contributed by atoms with van der Waals surface area (Å²) in [5.41, 5.74) is 1.52. The van der Waals surface area contributed by atoms with E-state index in [0.717, 1.165) is 0 Å². The lowest BCUT2D eigenvalue weighted by Gasteiger charge is -2.40. The van der Waals surface area contributed by atoms with Crippen LogP contribution < -0.4 is 19.5 Å². The Balaban J connectivity index is 1.83. The van der Waals surface area contributed by atoms with Crippen molar-refractivity contribution in [3.05, 3.63) is 83.2 Å². The fraction of sp³-hybridized carbons (Fsp3) is 0.259. The van der Waals surface area contributed by atoms with Crippen molar-refractivity contribution in [1.82, 2.24) is 4.90 Å². The van der Waals surface area contributed by atoms with E-state index in [1.54, 1.807) is 61.6 Å². The smallest absolute Gasteiger partial charge is 0.254 e. The minimum atomic E-state index is -0.920. The zero-order chi connectivity index (χ0) is 25.1. The number of hydrogen-bond acceptors (Lipinski definition) is 5. The highest BCUT2D eigenvalue weighted by Gasteiger charge is 2.44. The Morgan fingerprint density at radius 1 is 1.00 bits per heavy atom. The van der Waals surface area contributed by atoms with E-state index < -0.39 is 23.7 Å². The van der Waals surface area contributed by atoms with Crippen LogP contribution in [0.5, 0.6) is 17.2 Å². The molecule has 1 aliphatic rings. The number of ether oxygens (including phenoxy) is 3. The second-order valence-electron chi connectivity index (χ2n) is 8.10. The number of halogens is 1. The van der Waals surface area contributed by atoms with Gasteiger partial charge >= 0.3 is 0 Å². The van der Waals surface area contributed by atoms with E-state index in [9.17, 15) is 14.0 Å². The summed E-state index contributed by atoms with van der Waals surface area (Å²) in [6.45, 7) is 2.42. The van der Waals surface area contributed by atoms with E-state index in [-0.39, 0.29) is 11.5 Å². The van der Waals surface area contributed by atoms with Crippen molar-refractivity contribution in [3.8, 4) is 17.2 Å². The van der Waals surface area contributed by atoms with Gasteiger partial charge in [0.2, 0.25) is 5.91 Å². The highest BCUT2D eigenvalue weighted by molar-refractivity contribution is 6.05. The summed E-state index contributed by atoms with van der Waals surface area (Å²) >= 11 is 0. The molecule has 4 rings (SSSR count). The van der Waals surface area contributed by atoms with Crippen LogP contribution in [0.4, 0.5) is 10.1 Å².